The van der Waals surface area contributed by atoms with Crippen molar-refractivity contribution in [2.75, 3.05) is 0 Å². The first kappa shape index (κ1) is 14.2. The molecule has 14 heavy (non-hydrogen) atoms. The van der Waals surface area contributed by atoms with E-state index in [0.717, 1.165) is 0 Å². The van der Waals surface area contributed by atoms with Crippen molar-refractivity contribution in [1.82, 2.24) is 0 Å². The molecule has 0 aromatic heterocycles. The van der Waals surface area contributed by atoms with Crippen molar-refractivity contribution < 1.29 is 0 Å². The first-order valence-corrected chi connectivity index (χ1v) is 9.60. The van der Waals surface area contributed by atoms with E-state index in [-0.39, 0.29) is 8.80 Å². The van der Waals surface area contributed by atoms with E-state index in [1.54, 1.807) is 12.1 Å². The van der Waals surface area contributed by atoms with Crippen LogP contribution in [0.4, 0.5) is 0 Å². The summed E-state index contributed by atoms with van der Waals surface area (Å²) in [5.74, 6) is 0. The van der Waals surface area contributed by atoms with Crippen LogP contribution in [0.2, 0.25) is 18.6 Å². The molecule has 0 fully saturated rings. The maximum Gasteiger partial charge on any atom is 0.0336 e. The average molecular weight is 214 g/mol. The number of hydrogen-bond acceptors (Lipinski definition) is 0. The van der Waals surface area contributed by atoms with Crippen LogP contribution in [0.3, 0.4) is 0 Å². The summed E-state index contributed by atoms with van der Waals surface area (Å²) in [7, 11) is -0.287. The highest BCUT2D eigenvalue weighted by atomic mass is 28.3. The van der Waals surface area contributed by atoms with Crippen LogP contribution in [0.5, 0.6) is 0 Å². The maximum atomic E-state index is 2.57. The summed E-state index contributed by atoms with van der Waals surface area (Å²) < 4.78 is 0. The second kappa shape index (κ2) is 11.3. The molecule has 0 aromatic rings. The SMILES string of the molecule is CCCCCC[SiH](C)CCCCCC. The maximum absolute atomic E-state index is 2.57. The fourth-order valence-electron chi connectivity index (χ4n) is 1.98. The number of unbranched alkanes of at least 4 members (excludes halogenated alkanes) is 6. The Hall–Kier alpha value is 0.217. The van der Waals surface area contributed by atoms with Crippen LogP contribution < -0.4 is 0 Å². The zero-order chi connectivity index (χ0) is 10.6. The second-order valence-corrected chi connectivity index (χ2v) is 8.17. The lowest BCUT2D eigenvalue weighted by molar-refractivity contribution is 0.686. The molecule has 86 valence electrons. The Morgan fingerprint density at radius 1 is 0.643 bits per heavy atom. The quantitative estimate of drug-likeness (QED) is 0.354. The van der Waals surface area contributed by atoms with E-state index in [2.05, 4.69) is 20.4 Å². The minimum absolute atomic E-state index is 0.287. The van der Waals surface area contributed by atoms with E-state index in [4.69, 9.17) is 0 Å². The van der Waals surface area contributed by atoms with Gasteiger partial charge in [-0.05, 0) is 0 Å². The Bertz CT molecular complexity index is 89.4. The topological polar surface area (TPSA) is 0 Å². The van der Waals surface area contributed by atoms with Gasteiger partial charge in [-0.15, -0.1) is 0 Å². The van der Waals surface area contributed by atoms with Gasteiger partial charge in [0.25, 0.3) is 0 Å². The Balaban J connectivity index is 3.07. The minimum Gasteiger partial charge on any atom is -0.0720 e. The van der Waals surface area contributed by atoms with Crippen molar-refractivity contribution in [1.29, 1.82) is 0 Å². The molecule has 0 aliphatic heterocycles. The van der Waals surface area contributed by atoms with Crippen molar-refractivity contribution in [3.63, 3.8) is 0 Å². The van der Waals surface area contributed by atoms with Crippen LogP contribution in [-0.4, -0.2) is 8.80 Å². The summed E-state index contributed by atoms with van der Waals surface area (Å²) in [6.07, 6.45) is 11.7. The highest BCUT2D eigenvalue weighted by molar-refractivity contribution is 6.57. The molecule has 0 unspecified atom stereocenters. The standard InChI is InChI=1S/C13H30Si/c1-4-6-8-10-12-14(3)13-11-9-7-5-2/h14H,4-13H2,1-3H3. The molecule has 1 heteroatoms. The molecule has 0 heterocycles. The van der Waals surface area contributed by atoms with Gasteiger partial charge in [0.2, 0.25) is 0 Å². The lowest BCUT2D eigenvalue weighted by Crippen LogP contribution is -2.05. The average Bonchev–Trinajstić information content (AvgIpc) is 2.19. The largest absolute Gasteiger partial charge is 0.0720 e. The summed E-state index contributed by atoms with van der Waals surface area (Å²) in [5, 5.41) is 0. The Labute approximate surface area is 93.1 Å². The first-order valence-electron chi connectivity index (χ1n) is 6.81. The molecule has 0 saturated heterocycles. The predicted molar refractivity (Wildman–Crippen MR) is 70.9 cm³/mol. The van der Waals surface area contributed by atoms with Gasteiger partial charge in [-0.2, -0.15) is 0 Å². The van der Waals surface area contributed by atoms with E-state index >= 15 is 0 Å². The zero-order valence-corrected chi connectivity index (χ0v) is 11.8. The Morgan fingerprint density at radius 3 is 1.43 bits per heavy atom. The van der Waals surface area contributed by atoms with Crippen molar-refractivity contribution >= 4 is 8.80 Å². The van der Waals surface area contributed by atoms with Gasteiger partial charge in [0.1, 0.15) is 0 Å². The Morgan fingerprint density at radius 2 is 1.07 bits per heavy atom. The van der Waals surface area contributed by atoms with Gasteiger partial charge >= 0.3 is 0 Å². The second-order valence-electron chi connectivity index (χ2n) is 4.80. The van der Waals surface area contributed by atoms with Gasteiger partial charge < -0.3 is 0 Å². The molecular weight excluding hydrogens is 184 g/mol. The zero-order valence-electron chi connectivity index (χ0n) is 10.6. The number of hydrogen-bond donors (Lipinski definition) is 0. The minimum atomic E-state index is -0.287. The molecule has 0 N–H and O–H groups in total. The van der Waals surface area contributed by atoms with Gasteiger partial charge in [0.15, 0.2) is 0 Å². The highest BCUT2D eigenvalue weighted by Gasteiger charge is 2.02. The van der Waals surface area contributed by atoms with Crippen LogP contribution in [0.1, 0.15) is 65.2 Å². The smallest absolute Gasteiger partial charge is 0.0336 e. The van der Waals surface area contributed by atoms with Crippen molar-refractivity contribution in [2.45, 2.75) is 83.8 Å². The lowest BCUT2D eigenvalue weighted by atomic mass is 10.2. The third kappa shape index (κ3) is 10.3. The molecule has 0 radical (unpaired) electrons. The summed E-state index contributed by atoms with van der Waals surface area (Å²) in [6, 6.07) is 3.21. The van der Waals surface area contributed by atoms with Gasteiger partial charge in [-0.3, -0.25) is 0 Å². The van der Waals surface area contributed by atoms with Crippen LogP contribution in [0.15, 0.2) is 0 Å². The van der Waals surface area contributed by atoms with Crippen LogP contribution >= 0.6 is 0 Å². The summed E-state index contributed by atoms with van der Waals surface area (Å²) >= 11 is 0. The highest BCUT2D eigenvalue weighted by Crippen LogP contribution is 2.12. The number of rotatable bonds is 10. The van der Waals surface area contributed by atoms with E-state index in [9.17, 15) is 0 Å². The molecule has 0 atom stereocenters. The molecule has 0 saturated carbocycles. The fraction of sp³-hybridized carbons (Fsp3) is 1.00. The van der Waals surface area contributed by atoms with Gasteiger partial charge in [-0.1, -0.05) is 83.8 Å². The summed E-state index contributed by atoms with van der Waals surface area (Å²) in [4.78, 5) is 0. The van der Waals surface area contributed by atoms with Crippen LogP contribution in [0.25, 0.3) is 0 Å². The van der Waals surface area contributed by atoms with Crippen molar-refractivity contribution in [2.24, 2.45) is 0 Å². The van der Waals surface area contributed by atoms with Gasteiger partial charge in [0, 0.05) is 8.80 Å². The monoisotopic (exact) mass is 214 g/mol. The molecular formula is C13H30Si. The molecule has 0 aliphatic rings. The Kier molecular flexibility index (Phi) is 11.5. The van der Waals surface area contributed by atoms with Gasteiger partial charge in [-0.25, -0.2) is 0 Å². The van der Waals surface area contributed by atoms with E-state index in [1.807, 2.05) is 0 Å². The molecule has 0 nitrogen and oxygen atoms in total. The van der Waals surface area contributed by atoms with E-state index in [1.165, 1.54) is 51.4 Å². The molecule has 0 rings (SSSR count). The third-order valence-corrected chi connectivity index (χ3v) is 5.89. The summed E-state index contributed by atoms with van der Waals surface area (Å²) in [6.45, 7) is 7.16. The van der Waals surface area contributed by atoms with Gasteiger partial charge in [0.05, 0.1) is 0 Å². The molecule has 0 aromatic carbocycles. The van der Waals surface area contributed by atoms with Crippen LogP contribution in [-0.2, 0) is 0 Å². The van der Waals surface area contributed by atoms with E-state index in [0.29, 0.717) is 0 Å². The molecule has 0 aliphatic carbocycles. The molecule has 0 amide bonds. The van der Waals surface area contributed by atoms with Crippen LogP contribution in [0, 0.1) is 0 Å². The lowest BCUT2D eigenvalue weighted by Gasteiger charge is -2.08. The third-order valence-electron chi connectivity index (χ3n) is 3.10. The van der Waals surface area contributed by atoms with Crippen molar-refractivity contribution in [3.8, 4) is 0 Å². The summed E-state index contributed by atoms with van der Waals surface area (Å²) in [5.41, 5.74) is 0. The normalized spacial score (nSPS) is 11.1. The first-order chi connectivity index (χ1) is 6.81. The molecule has 0 bridgehead atoms. The fourth-order valence-corrected chi connectivity index (χ4v) is 4.24. The van der Waals surface area contributed by atoms with E-state index < -0.39 is 0 Å². The van der Waals surface area contributed by atoms with Crippen molar-refractivity contribution in [3.05, 3.63) is 0 Å². The predicted octanol–water partition coefficient (Wildman–Crippen LogP) is 5.00. The molecule has 0 spiro atoms.